The van der Waals surface area contributed by atoms with E-state index in [1.54, 1.807) is 0 Å². The van der Waals surface area contributed by atoms with E-state index < -0.39 is 0 Å². The van der Waals surface area contributed by atoms with Crippen molar-refractivity contribution in [1.82, 2.24) is 4.90 Å². The highest BCUT2D eigenvalue weighted by molar-refractivity contribution is 5.36. The van der Waals surface area contributed by atoms with E-state index in [1.807, 2.05) is 12.1 Å². The molecule has 0 atom stereocenters. The number of hydrogen-bond donors (Lipinski definition) is 2. The minimum atomic E-state index is 0.248. The molecule has 0 unspecified atom stereocenters. The first-order valence-electron chi connectivity index (χ1n) is 5.83. The van der Waals surface area contributed by atoms with Gasteiger partial charge in [0.05, 0.1) is 6.54 Å². The van der Waals surface area contributed by atoms with Gasteiger partial charge in [0.1, 0.15) is 0 Å². The van der Waals surface area contributed by atoms with Gasteiger partial charge in [-0.05, 0) is 31.2 Å². The smallest absolute Gasteiger partial charge is 0.0555 e. The minimum Gasteiger partial charge on any atom is -0.396 e. The van der Waals surface area contributed by atoms with Crippen molar-refractivity contribution >= 4 is 0 Å². The summed E-state index contributed by atoms with van der Waals surface area (Å²) >= 11 is 0. The van der Waals surface area contributed by atoms with Crippen molar-refractivity contribution in [3.05, 3.63) is 35.4 Å². The first kappa shape index (κ1) is 13.7. The lowest BCUT2D eigenvalue weighted by atomic mass is 10.1. The van der Waals surface area contributed by atoms with Gasteiger partial charge < -0.3 is 15.7 Å². The summed E-state index contributed by atoms with van der Waals surface area (Å²) < 4.78 is 0. The van der Waals surface area contributed by atoms with Crippen LogP contribution in [0.1, 0.15) is 17.5 Å². The summed E-state index contributed by atoms with van der Waals surface area (Å²) in [6.45, 7) is 2.44. The van der Waals surface area contributed by atoms with Crippen molar-refractivity contribution in [3.63, 3.8) is 0 Å². The Morgan fingerprint density at radius 3 is 2.59 bits per heavy atom. The van der Waals surface area contributed by atoms with Crippen LogP contribution in [0.25, 0.3) is 0 Å². The van der Waals surface area contributed by atoms with E-state index in [1.165, 1.54) is 5.56 Å². The van der Waals surface area contributed by atoms with Gasteiger partial charge in [-0.2, -0.15) is 0 Å². The van der Waals surface area contributed by atoms with Crippen LogP contribution in [0.2, 0.25) is 0 Å². The molecular formula is C14H20N2O. The van der Waals surface area contributed by atoms with Gasteiger partial charge in [0.15, 0.2) is 0 Å². The lowest BCUT2D eigenvalue weighted by Crippen LogP contribution is -2.19. The summed E-state index contributed by atoms with van der Waals surface area (Å²) in [6.07, 6.45) is 0.816. The molecule has 0 radical (unpaired) electrons. The topological polar surface area (TPSA) is 49.5 Å². The van der Waals surface area contributed by atoms with Gasteiger partial charge in [0, 0.05) is 25.3 Å². The molecule has 0 bridgehead atoms. The molecule has 3 heteroatoms. The summed E-state index contributed by atoms with van der Waals surface area (Å²) in [5, 5.41) is 8.75. The number of nitrogens with two attached hydrogens (primary N) is 1. The number of nitrogens with zero attached hydrogens (tertiary/aromatic N) is 1. The number of aliphatic hydroxyl groups excluding tert-OH is 1. The molecule has 0 aliphatic carbocycles. The molecule has 0 amide bonds. The van der Waals surface area contributed by atoms with Gasteiger partial charge in [-0.1, -0.05) is 24.0 Å². The number of hydrogen-bond acceptors (Lipinski definition) is 3. The molecule has 0 aliphatic rings. The quantitative estimate of drug-likeness (QED) is 0.739. The van der Waals surface area contributed by atoms with Crippen LogP contribution in [-0.4, -0.2) is 36.8 Å². The molecule has 0 saturated carbocycles. The van der Waals surface area contributed by atoms with Crippen LogP contribution in [0.15, 0.2) is 24.3 Å². The molecule has 0 spiro atoms. The number of aliphatic hydroxyl groups is 1. The van der Waals surface area contributed by atoms with E-state index in [0.717, 1.165) is 25.1 Å². The maximum absolute atomic E-state index is 8.75. The Bertz CT molecular complexity index is 375. The molecule has 92 valence electrons. The molecule has 0 fully saturated rings. The van der Waals surface area contributed by atoms with Crippen molar-refractivity contribution in [2.24, 2.45) is 5.73 Å². The Kier molecular flexibility index (Phi) is 6.34. The summed E-state index contributed by atoms with van der Waals surface area (Å²) in [6, 6.07) is 8.18. The maximum atomic E-state index is 8.75. The van der Waals surface area contributed by atoms with Gasteiger partial charge in [-0.25, -0.2) is 0 Å². The second-order valence-corrected chi connectivity index (χ2v) is 4.02. The van der Waals surface area contributed by atoms with Gasteiger partial charge in [-0.3, -0.25) is 0 Å². The molecule has 0 aliphatic heterocycles. The summed E-state index contributed by atoms with van der Waals surface area (Å²) in [5.74, 6) is 5.83. The third-order valence-corrected chi connectivity index (χ3v) is 2.44. The fourth-order valence-corrected chi connectivity index (χ4v) is 1.58. The molecule has 0 saturated heterocycles. The predicted octanol–water partition coefficient (Wildman–Crippen LogP) is 0.811. The second kappa shape index (κ2) is 7.86. The SMILES string of the molecule is CN(CCCO)Cc1ccc(C#CCN)cc1. The first-order valence-corrected chi connectivity index (χ1v) is 5.83. The Labute approximate surface area is 103 Å². The Hall–Kier alpha value is -1.34. The van der Waals surface area contributed by atoms with Crippen molar-refractivity contribution in [1.29, 1.82) is 0 Å². The van der Waals surface area contributed by atoms with Crippen LogP contribution < -0.4 is 5.73 Å². The van der Waals surface area contributed by atoms with Gasteiger partial charge in [0.2, 0.25) is 0 Å². The van der Waals surface area contributed by atoms with E-state index in [0.29, 0.717) is 6.54 Å². The zero-order valence-corrected chi connectivity index (χ0v) is 10.3. The Morgan fingerprint density at radius 2 is 2.00 bits per heavy atom. The van der Waals surface area contributed by atoms with E-state index in [-0.39, 0.29) is 6.61 Å². The largest absolute Gasteiger partial charge is 0.396 e. The fraction of sp³-hybridized carbons (Fsp3) is 0.429. The highest BCUT2D eigenvalue weighted by Crippen LogP contribution is 2.06. The van der Waals surface area contributed by atoms with Crippen molar-refractivity contribution < 1.29 is 5.11 Å². The molecule has 1 aromatic carbocycles. The normalized spacial score (nSPS) is 10.1. The first-order chi connectivity index (χ1) is 8.26. The predicted molar refractivity (Wildman–Crippen MR) is 70.4 cm³/mol. The standard InChI is InChI=1S/C14H20N2O/c1-16(10-3-11-17)12-14-7-5-13(6-8-14)4-2-9-15/h5-8,17H,3,9-12,15H2,1H3. The lowest BCUT2D eigenvalue weighted by molar-refractivity contribution is 0.244. The highest BCUT2D eigenvalue weighted by atomic mass is 16.3. The van der Waals surface area contributed by atoms with Crippen LogP contribution >= 0.6 is 0 Å². The zero-order chi connectivity index (χ0) is 12.5. The molecule has 0 heterocycles. The highest BCUT2D eigenvalue weighted by Gasteiger charge is 1.99. The molecule has 17 heavy (non-hydrogen) atoms. The average molecular weight is 232 g/mol. The van der Waals surface area contributed by atoms with Gasteiger partial charge >= 0.3 is 0 Å². The van der Waals surface area contributed by atoms with Gasteiger partial charge in [0.25, 0.3) is 0 Å². The van der Waals surface area contributed by atoms with Crippen molar-refractivity contribution in [2.45, 2.75) is 13.0 Å². The second-order valence-electron chi connectivity index (χ2n) is 4.02. The fourth-order valence-electron chi connectivity index (χ4n) is 1.58. The van der Waals surface area contributed by atoms with Crippen LogP contribution in [0.5, 0.6) is 0 Å². The third kappa shape index (κ3) is 5.50. The molecule has 3 N–H and O–H groups in total. The minimum absolute atomic E-state index is 0.248. The Morgan fingerprint density at radius 1 is 1.29 bits per heavy atom. The summed E-state index contributed by atoms with van der Waals surface area (Å²) in [4.78, 5) is 2.19. The van der Waals surface area contributed by atoms with Crippen LogP contribution in [-0.2, 0) is 6.54 Å². The number of benzene rings is 1. The van der Waals surface area contributed by atoms with E-state index >= 15 is 0 Å². The summed E-state index contributed by atoms with van der Waals surface area (Å²) in [5.41, 5.74) is 7.57. The summed E-state index contributed by atoms with van der Waals surface area (Å²) in [7, 11) is 2.05. The Balaban J connectivity index is 2.50. The monoisotopic (exact) mass is 232 g/mol. The zero-order valence-electron chi connectivity index (χ0n) is 10.3. The molecular weight excluding hydrogens is 212 g/mol. The van der Waals surface area contributed by atoms with Crippen LogP contribution in [0, 0.1) is 11.8 Å². The molecule has 1 aromatic rings. The van der Waals surface area contributed by atoms with E-state index in [9.17, 15) is 0 Å². The van der Waals surface area contributed by atoms with E-state index in [4.69, 9.17) is 10.8 Å². The lowest BCUT2D eigenvalue weighted by Gasteiger charge is -2.15. The average Bonchev–Trinajstić information content (AvgIpc) is 2.35. The third-order valence-electron chi connectivity index (χ3n) is 2.44. The van der Waals surface area contributed by atoms with E-state index in [2.05, 4.69) is 35.9 Å². The molecule has 0 aromatic heterocycles. The molecule has 3 nitrogen and oxygen atoms in total. The van der Waals surface area contributed by atoms with Crippen molar-refractivity contribution in [2.75, 3.05) is 26.7 Å². The number of rotatable bonds is 5. The van der Waals surface area contributed by atoms with Crippen LogP contribution in [0.3, 0.4) is 0 Å². The van der Waals surface area contributed by atoms with Crippen LogP contribution in [0.4, 0.5) is 0 Å². The van der Waals surface area contributed by atoms with Gasteiger partial charge in [-0.15, -0.1) is 0 Å². The molecule has 1 rings (SSSR count). The maximum Gasteiger partial charge on any atom is 0.0555 e. The van der Waals surface area contributed by atoms with Crippen molar-refractivity contribution in [3.8, 4) is 11.8 Å².